The van der Waals surface area contributed by atoms with Gasteiger partial charge in [-0.2, -0.15) is 0 Å². The van der Waals surface area contributed by atoms with Gasteiger partial charge in [-0.15, -0.1) is 0 Å². The van der Waals surface area contributed by atoms with E-state index in [9.17, 15) is 4.79 Å². The second-order valence-electron chi connectivity index (χ2n) is 6.05. The summed E-state index contributed by atoms with van der Waals surface area (Å²) in [5.41, 5.74) is 0.985. The molecule has 0 unspecified atom stereocenters. The first kappa shape index (κ1) is 19.9. The van der Waals surface area contributed by atoms with E-state index in [1.165, 1.54) is 39.2 Å². The average Bonchev–Trinajstić information content (AvgIpc) is 2.63. The van der Waals surface area contributed by atoms with Crippen molar-refractivity contribution in [2.45, 2.75) is 44.6 Å². The molecule has 1 fully saturated rings. The molecule has 138 valence electrons. The average molecular weight is 385 g/mol. The summed E-state index contributed by atoms with van der Waals surface area (Å²) in [6.07, 6.45) is 7.61. The number of rotatable bonds is 7. The zero-order chi connectivity index (χ0) is 18.1. The molecule has 0 spiro atoms. The van der Waals surface area contributed by atoms with Crippen LogP contribution in [0.3, 0.4) is 0 Å². The summed E-state index contributed by atoms with van der Waals surface area (Å²) in [5.74, 6) is -0.479. The monoisotopic (exact) mass is 384 g/mol. The molecule has 0 saturated heterocycles. The van der Waals surface area contributed by atoms with Crippen LogP contribution in [0.2, 0.25) is 5.02 Å². The van der Waals surface area contributed by atoms with Gasteiger partial charge < -0.3 is 20.1 Å². The summed E-state index contributed by atoms with van der Waals surface area (Å²) >= 11 is 11.3. The first-order chi connectivity index (χ1) is 12.1. The molecule has 2 N–H and O–H groups in total. The molecule has 1 aliphatic carbocycles. The molecule has 0 bridgehead atoms. The summed E-state index contributed by atoms with van der Waals surface area (Å²) in [5, 5.41) is 7.02. The molecule has 1 aliphatic rings. The van der Waals surface area contributed by atoms with Crippen LogP contribution in [0.1, 0.15) is 48.9 Å². The van der Waals surface area contributed by atoms with Gasteiger partial charge in [-0.05, 0) is 49.7 Å². The summed E-state index contributed by atoms with van der Waals surface area (Å²) in [4.78, 5) is 11.6. The molecule has 1 aromatic carbocycles. The molecule has 7 heteroatoms. The standard InChI is InChI=1S/C18H25ClN2O3S/c1-23-17(22)15-12-13(8-9-16(15)19)21-18(25)20-10-5-11-24-14-6-3-2-4-7-14/h8-9,12,14H,2-7,10-11H2,1H3,(H2,20,21,25). The summed E-state index contributed by atoms with van der Waals surface area (Å²) < 4.78 is 10.6. The molecule has 2 rings (SSSR count). The topological polar surface area (TPSA) is 59.6 Å². The fourth-order valence-electron chi connectivity index (χ4n) is 2.80. The lowest BCUT2D eigenvalue weighted by Crippen LogP contribution is -2.30. The number of anilines is 1. The maximum absolute atomic E-state index is 11.6. The van der Waals surface area contributed by atoms with Crippen molar-refractivity contribution in [3.8, 4) is 0 Å². The smallest absolute Gasteiger partial charge is 0.339 e. The van der Waals surface area contributed by atoms with Crippen molar-refractivity contribution in [2.75, 3.05) is 25.6 Å². The van der Waals surface area contributed by atoms with Gasteiger partial charge in [-0.3, -0.25) is 0 Å². The number of esters is 1. The highest BCUT2D eigenvalue weighted by Crippen LogP contribution is 2.21. The van der Waals surface area contributed by atoms with Crippen molar-refractivity contribution in [1.82, 2.24) is 5.32 Å². The lowest BCUT2D eigenvalue weighted by atomic mass is 9.98. The van der Waals surface area contributed by atoms with Crippen LogP contribution in [0.15, 0.2) is 18.2 Å². The number of carbonyl (C=O) groups excluding carboxylic acids is 1. The fraction of sp³-hybridized carbons (Fsp3) is 0.556. The van der Waals surface area contributed by atoms with E-state index in [1.54, 1.807) is 18.2 Å². The van der Waals surface area contributed by atoms with Crippen LogP contribution in [0, 0.1) is 0 Å². The van der Waals surface area contributed by atoms with Gasteiger partial charge in [0.25, 0.3) is 0 Å². The van der Waals surface area contributed by atoms with Crippen LogP contribution >= 0.6 is 23.8 Å². The van der Waals surface area contributed by atoms with Gasteiger partial charge in [0.1, 0.15) is 0 Å². The van der Waals surface area contributed by atoms with E-state index in [4.69, 9.17) is 33.3 Å². The van der Waals surface area contributed by atoms with Gasteiger partial charge in [0, 0.05) is 18.8 Å². The molecule has 25 heavy (non-hydrogen) atoms. The molecule has 0 radical (unpaired) electrons. The zero-order valence-electron chi connectivity index (χ0n) is 14.5. The van der Waals surface area contributed by atoms with E-state index in [2.05, 4.69) is 10.6 Å². The second kappa shape index (κ2) is 10.6. The number of methoxy groups -OCH3 is 1. The van der Waals surface area contributed by atoms with Crippen molar-refractivity contribution in [2.24, 2.45) is 0 Å². The fourth-order valence-corrected chi connectivity index (χ4v) is 3.22. The Hall–Kier alpha value is -1.37. The van der Waals surface area contributed by atoms with E-state index in [0.717, 1.165) is 19.6 Å². The molecule has 1 aromatic rings. The van der Waals surface area contributed by atoms with Crippen LogP contribution in [0.5, 0.6) is 0 Å². The third-order valence-electron chi connectivity index (χ3n) is 4.14. The number of halogens is 1. The summed E-state index contributed by atoms with van der Waals surface area (Å²) in [7, 11) is 1.32. The van der Waals surface area contributed by atoms with Crippen molar-refractivity contribution in [3.05, 3.63) is 28.8 Å². The summed E-state index contributed by atoms with van der Waals surface area (Å²) in [6, 6.07) is 5.01. The van der Waals surface area contributed by atoms with E-state index in [-0.39, 0.29) is 0 Å². The maximum atomic E-state index is 11.6. The van der Waals surface area contributed by atoms with Crippen molar-refractivity contribution in [1.29, 1.82) is 0 Å². The Morgan fingerprint density at radius 1 is 1.32 bits per heavy atom. The van der Waals surface area contributed by atoms with Crippen molar-refractivity contribution < 1.29 is 14.3 Å². The highest BCUT2D eigenvalue weighted by molar-refractivity contribution is 7.80. The van der Waals surface area contributed by atoms with Crippen molar-refractivity contribution in [3.63, 3.8) is 0 Å². The maximum Gasteiger partial charge on any atom is 0.339 e. The van der Waals surface area contributed by atoms with Gasteiger partial charge in [0.05, 0.1) is 23.8 Å². The lowest BCUT2D eigenvalue weighted by molar-refractivity contribution is 0.0277. The molecule has 0 aromatic heterocycles. The van der Waals surface area contributed by atoms with E-state index in [0.29, 0.717) is 27.5 Å². The third-order valence-corrected chi connectivity index (χ3v) is 4.72. The normalized spacial score (nSPS) is 14.8. The van der Waals surface area contributed by atoms with Gasteiger partial charge in [-0.25, -0.2) is 4.79 Å². The van der Waals surface area contributed by atoms with Crippen LogP contribution in [-0.2, 0) is 9.47 Å². The Morgan fingerprint density at radius 2 is 2.08 bits per heavy atom. The van der Waals surface area contributed by atoms with E-state index < -0.39 is 5.97 Å². The lowest BCUT2D eigenvalue weighted by Gasteiger charge is -2.22. The molecular formula is C18H25ClN2O3S. The highest BCUT2D eigenvalue weighted by atomic mass is 35.5. The second-order valence-corrected chi connectivity index (χ2v) is 6.87. The number of hydrogen-bond acceptors (Lipinski definition) is 4. The molecular weight excluding hydrogens is 360 g/mol. The quantitative estimate of drug-likeness (QED) is 0.418. The Morgan fingerprint density at radius 3 is 2.80 bits per heavy atom. The molecule has 5 nitrogen and oxygen atoms in total. The first-order valence-electron chi connectivity index (χ1n) is 8.64. The Balaban J connectivity index is 1.68. The van der Waals surface area contributed by atoms with Crippen LogP contribution in [-0.4, -0.2) is 37.4 Å². The Labute approximate surface area is 159 Å². The predicted octanol–water partition coefficient (Wildman–Crippen LogP) is 4.15. The van der Waals surface area contributed by atoms with Crippen LogP contribution in [0.25, 0.3) is 0 Å². The zero-order valence-corrected chi connectivity index (χ0v) is 16.0. The van der Waals surface area contributed by atoms with Gasteiger partial charge >= 0.3 is 5.97 Å². The number of nitrogens with one attached hydrogen (secondary N) is 2. The van der Waals surface area contributed by atoms with Crippen LogP contribution in [0.4, 0.5) is 5.69 Å². The van der Waals surface area contributed by atoms with E-state index >= 15 is 0 Å². The SMILES string of the molecule is COC(=O)c1cc(NC(=S)NCCCOC2CCCCC2)ccc1Cl. The number of hydrogen-bond donors (Lipinski definition) is 2. The van der Waals surface area contributed by atoms with Gasteiger partial charge in [0.2, 0.25) is 0 Å². The van der Waals surface area contributed by atoms with Gasteiger partial charge in [0.15, 0.2) is 5.11 Å². The number of carbonyl (C=O) groups is 1. The van der Waals surface area contributed by atoms with E-state index in [1.807, 2.05) is 0 Å². The summed E-state index contributed by atoms with van der Waals surface area (Å²) in [6.45, 7) is 1.48. The third kappa shape index (κ3) is 6.80. The minimum atomic E-state index is -0.479. The first-order valence-corrected chi connectivity index (χ1v) is 9.43. The largest absolute Gasteiger partial charge is 0.465 e. The van der Waals surface area contributed by atoms with Crippen molar-refractivity contribution >= 4 is 40.6 Å². The minimum Gasteiger partial charge on any atom is -0.465 e. The minimum absolute atomic E-state index is 0.304. The van der Waals surface area contributed by atoms with Crippen LogP contribution < -0.4 is 10.6 Å². The van der Waals surface area contributed by atoms with Gasteiger partial charge in [-0.1, -0.05) is 30.9 Å². The molecule has 1 saturated carbocycles. The predicted molar refractivity (Wildman–Crippen MR) is 104 cm³/mol. The Bertz CT molecular complexity index is 592. The number of ether oxygens (including phenoxy) is 2. The molecule has 0 atom stereocenters. The highest BCUT2D eigenvalue weighted by Gasteiger charge is 2.13. The molecule has 0 amide bonds. The number of benzene rings is 1. The number of thiocarbonyl (C=S) groups is 1. The molecule has 0 heterocycles. The molecule has 0 aliphatic heterocycles. The Kier molecular flexibility index (Phi) is 8.44.